The SMILES string of the molecule is COc1cc(CN=[N+]=[N-])c(OC)c2ccccc12. The van der Waals surface area contributed by atoms with Crippen LogP contribution >= 0.6 is 0 Å². The first kappa shape index (κ1) is 12.1. The van der Waals surface area contributed by atoms with Crippen LogP contribution in [0.15, 0.2) is 35.4 Å². The van der Waals surface area contributed by atoms with Crippen LogP contribution in [-0.4, -0.2) is 14.2 Å². The second kappa shape index (κ2) is 5.29. The molecule has 0 spiro atoms. The number of hydrogen-bond donors (Lipinski definition) is 0. The van der Waals surface area contributed by atoms with E-state index in [1.807, 2.05) is 30.3 Å². The number of ether oxygens (including phenoxy) is 2. The lowest BCUT2D eigenvalue weighted by atomic mass is 10.0. The molecule has 0 atom stereocenters. The molecular weight excluding hydrogens is 230 g/mol. The van der Waals surface area contributed by atoms with Crippen molar-refractivity contribution in [2.24, 2.45) is 5.11 Å². The summed E-state index contributed by atoms with van der Waals surface area (Å²) in [6.45, 7) is 0.237. The first-order valence-electron chi connectivity index (χ1n) is 5.45. The molecule has 0 heterocycles. The number of azide groups is 1. The highest BCUT2D eigenvalue weighted by atomic mass is 16.5. The number of methoxy groups -OCH3 is 2. The van der Waals surface area contributed by atoms with Gasteiger partial charge in [-0.3, -0.25) is 0 Å². The van der Waals surface area contributed by atoms with Crippen LogP contribution in [0.5, 0.6) is 11.5 Å². The standard InChI is InChI=1S/C13H13N3O2/c1-17-12-7-9(8-15-16-14)13(18-2)11-6-4-3-5-10(11)12/h3-7H,8H2,1-2H3. The van der Waals surface area contributed by atoms with Crippen LogP contribution in [0.3, 0.4) is 0 Å². The van der Waals surface area contributed by atoms with Crippen molar-refractivity contribution >= 4 is 10.8 Å². The molecule has 92 valence electrons. The van der Waals surface area contributed by atoms with E-state index in [2.05, 4.69) is 10.0 Å². The van der Waals surface area contributed by atoms with Crippen molar-refractivity contribution < 1.29 is 9.47 Å². The fourth-order valence-electron chi connectivity index (χ4n) is 2.01. The van der Waals surface area contributed by atoms with Gasteiger partial charge in [0.15, 0.2) is 0 Å². The molecule has 0 saturated carbocycles. The zero-order valence-corrected chi connectivity index (χ0v) is 10.3. The summed E-state index contributed by atoms with van der Waals surface area (Å²) in [5.41, 5.74) is 9.23. The molecule has 5 nitrogen and oxygen atoms in total. The summed E-state index contributed by atoms with van der Waals surface area (Å²) in [4.78, 5) is 2.77. The first-order valence-corrected chi connectivity index (χ1v) is 5.45. The van der Waals surface area contributed by atoms with E-state index in [0.29, 0.717) is 0 Å². The van der Waals surface area contributed by atoms with Crippen LogP contribution in [0, 0.1) is 0 Å². The number of hydrogen-bond acceptors (Lipinski definition) is 3. The van der Waals surface area contributed by atoms with Gasteiger partial charge in [0.1, 0.15) is 11.5 Å². The molecule has 0 amide bonds. The summed E-state index contributed by atoms with van der Waals surface area (Å²) in [6.07, 6.45) is 0. The van der Waals surface area contributed by atoms with E-state index in [1.165, 1.54) is 0 Å². The lowest BCUT2D eigenvalue weighted by Crippen LogP contribution is -1.95. The van der Waals surface area contributed by atoms with Crippen LogP contribution in [0.1, 0.15) is 5.56 Å². The van der Waals surface area contributed by atoms with Crippen molar-refractivity contribution in [1.82, 2.24) is 0 Å². The first-order chi connectivity index (χ1) is 8.81. The Kier molecular flexibility index (Phi) is 3.55. The number of benzene rings is 2. The Balaban J connectivity index is 2.74. The van der Waals surface area contributed by atoms with Crippen molar-refractivity contribution in [1.29, 1.82) is 0 Å². The Bertz CT molecular complexity index is 619. The third-order valence-electron chi connectivity index (χ3n) is 2.76. The van der Waals surface area contributed by atoms with Crippen LogP contribution in [0.2, 0.25) is 0 Å². The Morgan fingerprint density at radius 2 is 1.89 bits per heavy atom. The molecule has 0 aliphatic heterocycles. The minimum Gasteiger partial charge on any atom is -0.496 e. The van der Waals surface area contributed by atoms with E-state index in [-0.39, 0.29) is 6.54 Å². The van der Waals surface area contributed by atoms with Crippen LogP contribution in [0.4, 0.5) is 0 Å². The zero-order chi connectivity index (χ0) is 13.0. The summed E-state index contributed by atoms with van der Waals surface area (Å²) in [6, 6.07) is 9.64. The van der Waals surface area contributed by atoms with E-state index in [1.54, 1.807) is 14.2 Å². The van der Waals surface area contributed by atoms with Crippen molar-refractivity contribution in [3.05, 3.63) is 46.3 Å². The molecule has 2 aromatic carbocycles. The average Bonchev–Trinajstić information content (AvgIpc) is 2.43. The van der Waals surface area contributed by atoms with Gasteiger partial charge in [-0.05, 0) is 11.6 Å². The summed E-state index contributed by atoms with van der Waals surface area (Å²) in [5.74, 6) is 1.47. The van der Waals surface area contributed by atoms with Gasteiger partial charge in [-0.2, -0.15) is 0 Å². The van der Waals surface area contributed by atoms with E-state index in [0.717, 1.165) is 27.8 Å². The maximum atomic E-state index is 8.42. The number of nitrogens with zero attached hydrogens (tertiary/aromatic N) is 3. The van der Waals surface area contributed by atoms with E-state index in [4.69, 9.17) is 15.0 Å². The van der Waals surface area contributed by atoms with Gasteiger partial charge in [0, 0.05) is 21.2 Å². The van der Waals surface area contributed by atoms with Crippen molar-refractivity contribution in [3.63, 3.8) is 0 Å². The average molecular weight is 243 g/mol. The second-order valence-corrected chi connectivity index (χ2v) is 3.71. The predicted molar refractivity (Wildman–Crippen MR) is 69.9 cm³/mol. The van der Waals surface area contributed by atoms with Crippen LogP contribution in [0.25, 0.3) is 21.2 Å². The van der Waals surface area contributed by atoms with Gasteiger partial charge in [0.05, 0.1) is 20.8 Å². The highest BCUT2D eigenvalue weighted by Crippen LogP contribution is 2.36. The molecule has 0 aromatic heterocycles. The molecule has 0 bridgehead atoms. The quantitative estimate of drug-likeness (QED) is 0.467. The Labute approximate surface area is 105 Å². The fourth-order valence-corrected chi connectivity index (χ4v) is 2.01. The third kappa shape index (κ3) is 2.04. The van der Waals surface area contributed by atoms with E-state index in [9.17, 15) is 0 Å². The Morgan fingerprint density at radius 3 is 2.50 bits per heavy atom. The molecule has 0 unspecified atom stereocenters. The highest BCUT2D eigenvalue weighted by Gasteiger charge is 2.12. The van der Waals surface area contributed by atoms with Crippen LogP contribution in [-0.2, 0) is 6.54 Å². The fraction of sp³-hybridized carbons (Fsp3) is 0.231. The minimum absolute atomic E-state index is 0.237. The minimum atomic E-state index is 0.237. The molecule has 2 rings (SSSR count). The molecule has 5 heteroatoms. The summed E-state index contributed by atoms with van der Waals surface area (Å²) >= 11 is 0. The molecular formula is C13H13N3O2. The van der Waals surface area contributed by atoms with Crippen molar-refractivity contribution in [2.45, 2.75) is 6.54 Å². The lowest BCUT2D eigenvalue weighted by molar-refractivity contribution is 0.406. The maximum absolute atomic E-state index is 8.42. The largest absolute Gasteiger partial charge is 0.496 e. The Morgan fingerprint density at radius 1 is 1.17 bits per heavy atom. The monoisotopic (exact) mass is 243 g/mol. The molecule has 0 aliphatic carbocycles. The number of rotatable bonds is 4. The maximum Gasteiger partial charge on any atom is 0.130 e. The Hall–Kier alpha value is -2.39. The van der Waals surface area contributed by atoms with Gasteiger partial charge in [-0.25, -0.2) is 0 Å². The van der Waals surface area contributed by atoms with Gasteiger partial charge in [-0.1, -0.05) is 29.4 Å². The molecule has 0 N–H and O–H groups in total. The normalized spacial score (nSPS) is 9.89. The third-order valence-corrected chi connectivity index (χ3v) is 2.76. The molecule has 18 heavy (non-hydrogen) atoms. The smallest absolute Gasteiger partial charge is 0.130 e. The predicted octanol–water partition coefficient (Wildman–Crippen LogP) is 3.67. The van der Waals surface area contributed by atoms with Crippen molar-refractivity contribution in [3.8, 4) is 11.5 Å². The van der Waals surface area contributed by atoms with Crippen LogP contribution < -0.4 is 9.47 Å². The molecule has 0 saturated heterocycles. The van der Waals surface area contributed by atoms with E-state index < -0.39 is 0 Å². The van der Waals surface area contributed by atoms with E-state index >= 15 is 0 Å². The van der Waals surface area contributed by atoms with Gasteiger partial charge in [0.25, 0.3) is 0 Å². The van der Waals surface area contributed by atoms with Crippen molar-refractivity contribution in [2.75, 3.05) is 14.2 Å². The van der Waals surface area contributed by atoms with Gasteiger partial charge in [-0.15, -0.1) is 0 Å². The second-order valence-electron chi connectivity index (χ2n) is 3.71. The van der Waals surface area contributed by atoms with Gasteiger partial charge in [0.2, 0.25) is 0 Å². The molecule has 0 radical (unpaired) electrons. The van der Waals surface area contributed by atoms with Gasteiger partial charge >= 0.3 is 0 Å². The molecule has 2 aromatic rings. The number of fused-ring (bicyclic) bond motifs is 1. The summed E-state index contributed by atoms with van der Waals surface area (Å²) in [7, 11) is 3.22. The zero-order valence-electron chi connectivity index (χ0n) is 10.3. The summed E-state index contributed by atoms with van der Waals surface area (Å²) in [5, 5.41) is 5.50. The molecule has 0 fully saturated rings. The topological polar surface area (TPSA) is 67.2 Å². The lowest BCUT2D eigenvalue weighted by Gasteiger charge is -2.13. The highest BCUT2D eigenvalue weighted by molar-refractivity contribution is 5.94. The molecule has 0 aliphatic rings. The van der Waals surface area contributed by atoms with Gasteiger partial charge < -0.3 is 9.47 Å². The summed E-state index contributed by atoms with van der Waals surface area (Å²) < 4.78 is 10.8.